The van der Waals surface area contributed by atoms with Crippen LogP contribution in [0.25, 0.3) is 0 Å². The highest BCUT2D eigenvalue weighted by Gasteiger charge is 2.11. The minimum atomic E-state index is -0.259. The van der Waals surface area contributed by atoms with Gasteiger partial charge in [-0.2, -0.15) is 0 Å². The van der Waals surface area contributed by atoms with Gasteiger partial charge in [-0.15, -0.1) is 0 Å². The van der Waals surface area contributed by atoms with E-state index in [1.165, 1.54) is 19.8 Å². The molecule has 1 rings (SSSR count). The Kier molecular flexibility index (Phi) is 7.31. The maximum Gasteiger partial charge on any atom is 0.308 e. The fourth-order valence-electron chi connectivity index (χ4n) is 2.18. The number of rotatable bonds is 8. The highest BCUT2D eigenvalue weighted by molar-refractivity contribution is 5.69. The Morgan fingerprint density at radius 1 is 1.35 bits per heavy atom. The molecule has 0 radical (unpaired) electrons. The van der Waals surface area contributed by atoms with E-state index < -0.39 is 0 Å². The molecule has 3 nitrogen and oxygen atoms in total. The van der Waals surface area contributed by atoms with Crippen LogP contribution in [0.4, 0.5) is 0 Å². The minimum absolute atomic E-state index is 0.259. The van der Waals surface area contributed by atoms with Crippen LogP contribution in [0.3, 0.4) is 0 Å². The Hall–Kier alpha value is -1.35. The number of carbonyl (C=O) groups is 1. The van der Waals surface area contributed by atoms with E-state index in [9.17, 15) is 4.79 Å². The maximum absolute atomic E-state index is 11.1. The first-order chi connectivity index (χ1) is 9.54. The van der Waals surface area contributed by atoms with Gasteiger partial charge in [0.1, 0.15) is 5.75 Å². The van der Waals surface area contributed by atoms with E-state index in [1.807, 2.05) is 24.3 Å². The molecule has 1 aromatic rings. The summed E-state index contributed by atoms with van der Waals surface area (Å²) in [7, 11) is 2.18. The molecule has 0 heterocycles. The number of unbranched alkanes of at least 4 members (excludes halogenated alkanes) is 1. The van der Waals surface area contributed by atoms with E-state index in [2.05, 4.69) is 25.8 Å². The van der Waals surface area contributed by atoms with E-state index in [0.29, 0.717) is 11.8 Å². The summed E-state index contributed by atoms with van der Waals surface area (Å²) in [5, 5.41) is 0. The lowest BCUT2D eigenvalue weighted by Crippen LogP contribution is -2.30. The van der Waals surface area contributed by atoms with Crippen molar-refractivity contribution in [1.82, 2.24) is 4.90 Å². The third kappa shape index (κ3) is 5.74. The summed E-state index contributed by atoms with van der Waals surface area (Å²) in [5.41, 5.74) is 1.11. The van der Waals surface area contributed by atoms with E-state index >= 15 is 0 Å². The summed E-state index contributed by atoms with van der Waals surface area (Å²) in [6, 6.07) is 8.33. The number of para-hydroxylation sites is 1. The third-order valence-electron chi connectivity index (χ3n) is 3.67. The first-order valence-corrected chi connectivity index (χ1v) is 7.51. The second-order valence-electron chi connectivity index (χ2n) is 5.42. The van der Waals surface area contributed by atoms with Crippen molar-refractivity contribution < 1.29 is 9.53 Å². The number of benzene rings is 1. The van der Waals surface area contributed by atoms with Gasteiger partial charge in [0.15, 0.2) is 0 Å². The van der Waals surface area contributed by atoms with Crippen molar-refractivity contribution in [2.45, 2.75) is 52.5 Å². The second kappa shape index (κ2) is 8.75. The lowest BCUT2D eigenvalue weighted by molar-refractivity contribution is -0.131. The molecule has 0 saturated heterocycles. The van der Waals surface area contributed by atoms with Crippen LogP contribution in [-0.2, 0) is 11.2 Å². The topological polar surface area (TPSA) is 29.5 Å². The molecule has 1 unspecified atom stereocenters. The summed E-state index contributed by atoms with van der Waals surface area (Å²) in [5.74, 6) is 0.439. The summed E-state index contributed by atoms with van der Waals surface area (Å²) >= 11 is 0. The van der Waals surface area contributed by atoms with Crippen LogP contribution in [0.5, 0.6) is 5.75 Å². The SMILES string of the molecule is CCCCN(C)C(C)CCc1ccccc1OC(C)=O. The van der Waals surface area contributed by atoms with Gasteiger partial charge in [0.2, 0.25) is 0 Å². The van der Waals surface area contributed by atoms with Gasteiger partial charge in [-0.1, -0.05) is 31.5 Å². The average molecular weight is 277 g/mol. The Balaban J connectivity index is 2.54. The van der Waals surface area contributed by atoms with Gasteiger partial charge in [-0.3, -0.25) is 4.79 Å². The Labute approximate surface area is 122 Å². The van der Waals surface area contributed by atoms with Gasteiger partial charge in [0.05, 0.1) is 0 Å². The summed E-state index contributed by atoms with van der Waals surface area (Å²) in [6.45, 7) is 7.05. The van der Waals surface area contributed by atoms with Gasteiger partial charge in [0, 0.05) is 13.0 Å². The van der Waals surface area contributed by atoms with Crippen molar-refractivity contribution in [1.29, 1.82) is 0 Å². The fourth-order valence-corrected chi connectivity index (χ4v) is 2.18. The number of ether oxygens (including phenoxy) is 1. The van der Waals surface area contributed by atoms with Gasteiger partial charge >= 0.3 is 5.97 Å². The van der Waals surface area contributed by atoms with Crippen LogP contribution in [-0.4, -0.2) is 30.5 Å². The average Bonchev–Trinajstić information content (AvgIpc) is 2.42. The Morgan fingerprint density at radius 3 is 2.70 bits per heavy atom. The number of esters is 1. The number of hydrogen-bond acceptors (Lipinski definition) is 3. The molecule has 0 amide bonds. The van der Waals surface area contributed by atoms with Gasteiger partial charge in [-0.05, 0) is 51.4 Å². The minimum Gasteiger partial charge on any atom is -0.426 e. The Bertz CT molecular complexity index is 417. The molecular weight excluding hydrogens is 250 g/mol. The molecule has 1 atom stereocenters. The standard InChI is InChI=1S/C17H27NO2/c1-5-6-13-18(4)14(2)11-12-16-9-7-8-10-17(16)20-15(3)19/h7-10,14H,5-6,11-13H2,1-4H3. The zero-order valence-electron chi connectivity index (χ0n) is 13.2. The summed E-state index contributed by atoms with van der Waals surface area (Å²) in [6.07, 6.45) is 4.47. The van der Waals surface area contributed by atoms with Crippen LogP contribution in [0.1, 0.15) is 45.6 Å². The summed E-state index contributed by atoms with van der Waals surface area (Å²) < 4.78 is 5.25. The van der Waals surface area contributed by atoms with Crippen molar-refractivity contribution in [2.75, 3.05) is 13.6 Å². The maximum atomic E-state index is 11.1. The lowest BCUT2D eigenvalue weighted by Gasteiger charge is -2.24. The van der Waals surface area contributed by atoms with Crippen molar-refractivity contribution in [3.8, 4) is 5.75 Å². The smallest absolute Gasteiger partial charge is 0.308 e. The molecular formula is C17H27NO2. The van der Waals surface area contributed by atoms with Crippen LogP contribution in [0.15, 0.2) is 24.3 Å². The molecule has 0 fully saturated rings. The van der Waals surface area contributed by atoms with Gasteiger partial charge in [0.25, 0.3) is 0 Å². The Morgan fingerprint density at radius 2 is 2.05 bits per heavy atom. The lowest BCUT2D eigenvalue weighted by atomic mass is 10.0. The van der Waals surface area contributed by atoms with Crippen molar-refractivity contribution in [3.05, 3.63) is 29.8 Å². The first-order valence-electron chi connectivity index (χ1n) is 7.51. The predicted octanol–water partition coefficient (Wildman–Crippen LogP) is 3.66. The largest absolute Gasteiger partial charge is 0.426 e. The van der Waals surface area contributed by atoms with E-state index in [1.54, 1.807) is 0 Å². The zero-order chi connectivity index (χ0) is 15.0. The number of aryl methyl sites for hydroxylation is 1. The molecule has 0 aliphatic heterocycles. The molecule has 0 aromatic heterocycles. The molecule has 0 aliphatic rings. The molecule has 20 heavy (non-hydrogen) atoms. The van der Waals surface area contributed by atoms with Crippen LogP contribution in [0, 0.1) is 0 Å². The van der Waals surface area contributed by atoms with Crippen molar-refractivity contribution in [2.24, 2.45) is 0 Å². The molecule has 112 valence electrons. The highest BCUT2D eigenvalue weighted by atomic mass is 16.5. The first kappa shape index (κ1) is 16.7. The van der Waals surface area contributed by atoms with Crippen LogP contribution >= 0.6 is 0 Å². The normalized spacial score (nSPS) is 12.4. The van der Waals surface area contributed by atoms with Crippen LogP contribution < -0.4 is 4.74 Å². The van der Waals surface area contributed by atoms with Gasteiger partial charge in [-0.25, -0.2) is 0 Å². The zero-order valence-corrected chi connectivity index (χ0v) is 13.2. The quantitative estimate of drug-likeness (QED) is 0.536. The molecule has 0 spiro atoms. The molecule has 0 saturated carbocycles. The number of nitrogens with zero attached hydrogens (tertiary/aromatic N) is 1. The van der Waals surface area contributed by atoms with Gasteiger partial charge < -0.3 is 9.64 Å². The molecule has 1 aromatic carbocycles. The highest BCUT2D eigenvalue weighted by Crippen LogP contribution is 2.21. The molecule has 0 bridgehead atoms. The van der Waals surface area contributed by atoms with Crippen LogP contribution in [0.2, 0.25) is 0 Å². The van der Waals surface area contributed by atoms with E-state index in [-0.39, 0.29) is 5.97 Å². The molecule has 3 heteroatoms. The second-order valence-corrected chi connectivity index (χ2v) is 5.42. The molecule has 0 aliphatic carbocycles. The predicted molar refractivity (Wildman–Crippen MR) is 83.1 cm³/mol. The third-order valence-corrected chi connectivity index (χ3v) is 3.67. The monoisotopic (exact) mass is 277 g/mol. The van der Waals surface area contributed by atoms with Crippen molar-refractivity contribution >= 4 is 5.97 Å². The van der Waals surface area contributed by atoms with E-state index in [4.69, 9.17) is 4.74 Å². The van der Waals surface area contributed by atoms with Crippen molar-refractivity contribution in [3.63, 3.8) is 0 Å². The summed E-state index contributed by atoms with van der Waals surface area (Å²) in [4.78, 5) is 13.5. The van der Waals surface area contributed by atoms with E-state index in [0.717, 1.165) is 24.9 Å². The molecule has 0 N–H and O–H groups in total. The fraction of sp³-hybridized carbons (Fsp3) is 0.588. The number of carbonyl (C=O) groups excluding carboxylic acids is 1. The number of hydrogen-bond donors (Lipinski definition) is 0.